The van der Waals surface area contributed by atoms with Crippen molar-refractivity contribution in [2.75, 3.05) is 6.54 Å². The zero-order chi connectivity index (χ0) is 13.9. The molecule has 1 unspecified atom stereocenters. The van der Waals surface area contributed by atoms with Crippen molar-refractivity contribution in [1.29, 1.82) is 0 Å². The third kappa shape index (κ3) is 2.64. The van der Waals surface area contributed by atoms with E-state index in [0.717, 1.165) is 11.0 Å². The molecule has 1 saturated heterocycles. The second kappa shape index (κ2) is 5.32. The molecule has 2 N–H and O–H groups in total. The number of aromatic nitrogens is 2. The molecule has 104 valence electrons. The van der Waals surface area contributed by atoms with Crippen molar-refractivity contribution in [3.05, 3.63) is 30.6 Å². The Bertz CT molecular complexity index is 639. The molecule has 0 spiro atoms. The Morgan fingerprint density at radius 3 is 3.10 bits per heavy atom. The van der Waals surface area contributed by atoms with Gasteiger partial charge in [0.05, 0.1) is 17.4 Å². The molecule has 3 rings (SSSR count). The summed E-state index contributed by atoms with van der Waals surface area (Å²) in [6.07, 6.45) is 2.84. The second-order valence-electron chi connectivity index (χ2n) is 4.97. The third-order valence-electron chi connectivity index (χ3n) is 3.47. The molecular weight excluding hydrogens is 256 g/mol. The summed E-state index contributed by atoms with van der Waals surface area (Å²) in [4.78, 5) is 27.3. The van der Waals surface area contributed by atoms with Crippen molar-refractivity contribution in [2.45, 2.75) is 25.4 Å². The SMILES string of the molecule is O=C1CCC(NC(=O)Cn2cnc3ccccc32)CN1. The first kappa shape index (κ1) is 12.7. The number of para-hydroxylation sites is 2. The number of nitrogens with zero attached hydrogens (tertiary/aromatic N) is 2. The normalized spacial score (nSPS) is 18.8. The van der Waals surface area contributed by atoms with Crippen LogP contribution in [0.25, 0.3) is 11.0 Å². The molecule has 20 heavy (non-hydrogen) atoms. The second-order valence-corrected chi connectivity index (χ2v) is 4.97. The van der Waals surface area contributed by atoms with Gasteiger partial charge in [-0.25, -0.2) is 4.98 Å². The molecule has 1 aromatic carbocycles. The van der Waals surface area contributed by atoms with Crippen LogP contribution in [0.2, 0.25) is 0 Å². The molecule has 1 aromatic heterocycles. The summed E-state index contributed by atoms with van der Waals surface area (Å²) in [5.74, 6) is -0.00888. The summed E-state index contributed by atoms with van der Waals surface area (Å²) >= 11 is 0. The number of imidazole rings is 1. The molecule has 0 bridgehead atoms. The van der Waals surface area contributed by atoms with Gasteiger partial charge in [0.15, 0.2) is 0 Å². The van der Waals surface area contributed by atoms with Crippen LogP contribution in [0.3, 0.4) is 0 Å². The van der Waals surface area contributed by atoms with Crippen molar-refractivity contribution in [3.8, 4) is 0 Å². The number of amides is 2. The molecular formula is C14H16N4O2. The molecule has 6 heteroatoms. The molecule has 6 nitrogen and oxygen atoms in total. The Kier molecular flexibility index (Phi) is 3.37. The van der Waals surface area contributed by atoms with E-state index < -0.39 is 0 Å². The molecule has 1 fully saturated rings. The quantitative estimate of drug-likeness (QED) is 0.851. The Labute approximate surface area is 116 Å². The van der Waals surface area contributed by atoms with Crippen molar-refractivity contribution < 1.29 is 9.59 Å². The number of hydrogen-bond donors (Lipinski definition) is 2. The van der Waals surface area contributed by atoms with E-state index in [1.165, 1.54) is 0 Å². The first-order valence-corrected chi connectivity index (χ1v) is 6.68. The number of fused-ring (bicyclic) bond motifs is 1. The lowest BCUT2D eigenvalue weighted by atomic mass is 10.1. The van der Waals surface area contributed by atoms with Crippen LogP contribution < -0.4 is 10.6 Å². The summed E-state index contributed by atoms with van der Waals surface area (Å²) in [5.41, 5.74) is 1.82. The van der Waals surface area contributed by atoms with Gasteiger partial charge in [-0.15, -0.1) is 0 Å². The van der Waals surface area contributed by atoms with Gasteiger partial charge >= 0.3 is 0 Å². The van der Waals surface area contributed by atoms with E-state index in [-0.39, 0.29) is 24.4 Å². The maximum Gasteiger partial charge on any atom is 0.240 e. The number of carbonyl (C=O) groups excluding carboxylic acids is 2. The number of hydrogen-bond acceptors (Lipinski definition) is 3. The molecule has 2 aromatic rings. The zero-order valence-electron chi connectivity index (χ0n) is 11.0. The standard InChI is InChI=1S/C14H16N4O2/c19-13-6-5-10(7-15-13)17-14(20)8-18-9-16-11-3-1-2-4-12(11)18/h1-4,9-10H,5-8H2,(H,15,19)(H,17,20). The van der Waals surface area contributed by atoms with Crippen LogP contribution in [0.5, 0.6) is 0 Å². The number of carbonyl (C=O) groups is 2. The molecule has 0 radical (unpaired) electrons. The summed E-state index contributed by atoms with van der Waals surface area (Å²) in [7, 11) is 0. The minimum atomic E-state index is -0.0608. The monoisotopic (exact) mass is 272 g/mol. The molecule has 1 atom stereocenters. The maximum absolute atomic E-state index is 12.0. The Hall–Kier alpha value is -2.37. The van der Waals surface area contributed by atoms with Crippen molar-refractivity contribution in [1.82, 2.24) is 20.2 Å². The number of benzene rings is 1. The smallest absolute Gasteiger partial charge is 0.240 e. The van der Waals surface area contributed by atoms with Gasteiger partial charge < -0.3 is 15.2 Å². The first-order valence-electron chi connectivity index (χ1n) is 6.68. The van der Waals surface area contributed by atoms with Gasteiger partial charge in [0.1, 0.15) is 6.54 Å². The maximum atomic E-state index is 12.0. The molecule has 2 heterocycles. The van der Waals surface area contributed by atoms with Crippen molar-refractivity contribution in [2.24, 2.45) is 0 Å². The predicted octanol–water partition coefficient (Wildman–Crippen LogP) is 0.431. The van der Waals surface area contributed by atoms with Gasteiger partial charge in [0.2, 0.25) is 11.8 Å². The highest BCUT2D eigenvalue weighted by atomic mass is 16.2. The van der Waals surface area contributed by atoms with E-state index in [4.69, 9.17) is 0 Å². The van der Waals surface area contributed by atoms with Crippen molar-refractivity contribution in [3.63, 3.8) is 0 Å². The fourth-order valence-corrected chi connectivity index (χ4v) is 2.42. The van der Waals surface area contributed by atoms with Gasteiger partial charge in [-0.3, -0.25) is 9.59 Å². The lowest BCUT2D eigenvalue weighted by Crippen LogP contribution is -2.48. The van der Waals surface area contributed by atoms with Crippen LogP contribution >= 0.6 is 0 Å². The van der Waals surface area contributed by atoms with Gasteiger partial charge in [-0.1, -0.05) is 12.1 Å². The van der Waals surface area contributed by atoms with E-state index in [1.54, 1.807) is 6.33 Å². The minimum absolute atomic E-state index is 0.0231. The average Bonchev–Trinajstić information content (AvgIpc) is 2.85. The summed E-state index contributed by atoms with van der Waals surface area (Å²) in [6, 6.07) is 7.73. The van der Waals surface area contributed by atoms with Gasteiger partial charge in [0, 0.05) is 19.0 Å². The van der Waals surface area contributed by atoms with Gasteiger partial charge in [-0.2, -0.15) is 0 Å². The molecule has 1 aliphatic rings. The molecule has 2 amide bonds. The summed E-state index contributed by atoms with van der Waals surface area (Å²) in [5, 5.41) is 5.69. The average molecular weight is 272 g/mol. The highest BCUT2D eigenvalue weighted by Crippen LogP contribution is 2.11. The largest absolute Gasteiger partial charge is 0.354 e. The number of rotatable bonds is 3. The highest BCUT2D eigenvalue weighted by molar-refractivity contribution is 5.81. The van der Waals surface area contributed by atoms with E-state index >= 15 is 0 Å². The number of piperidine rings is 1. The summed E-state index contributed by atoms with van der Waals surface area (Å²) in [6.45, 7) is 0.750. The highest BCUT2D eigenvalue weighted by Gasteiger charge is 2.19. The molecule has 0 aliphatic carbocycles. The zero-order valence-corrected chi connectivity index (χ0v) is 11.0. The topological polar surface area (TPSA) is 76.0 Å². The Balaban J connectivity index is 1.63. The lowest BCUT2D eigenvalue weighted by molar-refractivity contribution is -0.125. The predicted molar refractivity (Wildman–Crippen MR) is 73.9 cm³/mol. The van der Waals surface area contributed by atoms with Crippen LogP contribution in [0.4, 0.5) is 0 Å². The van der Waals surface area contributed by atoms with Crippen molar-refractivity contribution >= 4 is 22.8 Å². The third-order valence-corrected chi connectivity index (χ3v) is 3.47. The van der Waals surface area contributed by atoms with E-state index in [9.17, 15) is 9.59 Å². The Morgan fingerprint density at radius 1 is 1.45 bits per heavy atom. The number of nitrogens with one attached hydrogen (secondary N) is 2. The molecule has 0 saturated carbocycles. The Morgan fingerprint density at radius 2 is 2.30 bits per heavy atom. The van der Waals surface area contributed by atoms with Crippen LogP contribution in [-0.4, -0.2) is 34.0 Å². The van der Waals surface area contributed by atoms with Crippen LogP contribution in [0, 0.1) is 0 Å². The van der Waals surface area contributed by atoms with E-state index in [1.807, 2.05) is 28.8 Å². The summed E-state index contributed by atoms with van der Waals surface area (Å²) < 4.78 is 1.83. The fourth-order valence-electron chi connectivity index (χ4n) is 2.42. The fraction of sp³-hybridized carbons (Fsp3) is 0.357. The van der Waals surface area contributed by atoms with E-state index in [2.05, 4.69) is 15.6 Å². The van der Waals surface area contributed by atoms with E-state index in [0.29, 0.717) is 19.4 Å². The van der Waals surface area contributed by atoms with Crippen LogP contribution in [0.1, 0.15) is 12.8 Å². The van der Waals surface area contributed by atoms with Gasteiger partial charge in [0.25, 0.3) is 0 Å². The lowest BCUT2D eigenvalue weighted by Gasteiger charge is -2.23. The first-order chi connectivity index (χ1) is 9.72. The van der Waals surface area contributed by atoms with Gasteiger partial charge in [-0.05, 0) is 18.6 Å². The minimum Gasteiger partial charge on any atom is -0.354 e. The van der Waals surface area contributed by atoms with Crippen LogP contribution in [-0.2, 0) is 16.1 Å². The molecule has 1 aliphatic heterocycles. The van der Waals surface area contributed by atoms with Crippen LogP contribution in [0.15, 0.2) is 30.6 Å².